The first-order valence-corrected chi connectivity index (χ1v) is 5.99. The topological polar surface area (TPSA) is 91.6 Å². The molecule has 7 nitrogen and oxygen atoms in total. The van der Waals surface area contributed by atoms with Gasteiger partial charge in [-0.25, -0.2) is 9.78 Å². The monoisotopic (exact) mass is 288 g/mol. The van der Waals surface area contributed by atoms with Crippen LogP contribution in [0.1, 0.15) is 15.9 Å². The molecule has 0 fully saturated rings. The maximum atomic E-state index is 11.4. The van der Waals surface area contributed by atoms with Crippen molar-refractivity contribution in [3.05, 3.63) is 57.8 Å². The molecule has 0 atom stereocenters. The number of nitro groups is 1. The summed E-state index contributed by atoms with van der Waals surface area (Å²) in [6, 6.07) is 7.42. The quantitative estimate of drug-likeness (QED) is 0.488. The van der Waals surface area contributed by atoms with Crippen LogP contribution in [-0.4, -0.2) is 23.0 Å². The minimum atomic E-state index is -0.540. The van der Waals surface area contributed by atoms with E-state index in [-0.39, 0.29) is 22.9 Å². The summed E-state index contributed by atoms with van der Waals surface area (Å²) in [4.78, 5) is 25.9. The van der Waals surface area contributed by atoms with E-state index < -0.39 is 10.9 Å². The lowest BCUT2D eigenvalue weighted by atomic mass is 10.2. The van der Waals surface area contributed by atoms with Crippen molar-refractivity contribution >= 4 is 11.7 Å². The third-order valence-electron chi connectivity index (χ3n) is 2.75. The van der Waals surface area contributed by atoms with Crippen LogP contribution >= 0.6 is 0 Å². The Balaban J connectivity index is 2.39. The van der Waals surface area contributed by atoms with Crippen LogP contribution in [0.2, 0.25) is 0 Å². The zero-order chi connectivity index (χ0) is 15.4. The zero-order valence-corrected chi connectivity index (χ0v) is 11.4. The zero-order valence-electron chi connectivity index (χ0n) is 11.4. The van der Waals surface area contributed by atoms with Crippen LogP contribution in [0.25, 0.3) is 0 Å². The number of carbonyl (C=O) groups is 1. The van der Waals surface area contributed by atoms with E-state index in [4.69, 9.17) is 4.74 Å². The number of carbonyl (C=O) groups excluding carboxylic acids is 1. The predicted molar refractivity (Wildman–Crippen MR) is 73.5 cm³/mol. The van der Waals surface area contributed by atoms with E-state index in [9.17, 15) is 14.9 Å². The molecule has 0 aliphatic carbocycles. The minimum absolute atomic E-state index is 0.0790. The Hall–Kier alpha value is -2.96. The highest BCUT2D eigenvalue weighted by Crippen LogP contribution is 2.33. The molecule has 1 heterocycles. The van der Waals surface area contributed by atoms with Gasteiger partial charge in [0.15, 0.2) is 0 Å². The van der Waals surface area contributed by atoms with Gasteiger partial charge in [-0.2, -0.15) is 0 Å². The predicted octanol–water partition coefficient (Wildman–Crippen LogP) is 2.88. The molecule has 0 saturated heterocycles. The van der Waals surface area contributed by atoms with Crippen molar-refractivity contribution < 1.29 is 19.2 Å². The third kappa shape index (κ3) is 3.14. The number of esters is 1. The molecule has 0 unspecified atom stereocenters. The second kappa shape index (κ2) is 6.00. The molecule has 1 aromatic heterocycles. The van der Waals surface area contributed by atoms with E-state index in [0.717, 1.165) is 0 Å². The summed E-state index contributed by atoms with van der Waals surface area (Å²) in [6.45, 7) is 1.69. The van der Waals surface area contributed by atoms with Gasteiger partial charge in [-0.05, 0) is 18.6 Å². The number of aromatic nitrogens is 1. The number of rotatable bonds is 4. The Morgan fingerprint density at radius 1 is 1.33 bits per heavy atom. The highest BCUT2D eigenvalue weighted by Gasteiger charge is 2.18. The van der Waals surface area contributed by atoms with Crippen molar-refractivity contribution in [3.63, 3.8) is 0 Å². The average molecular weight is 288 g/mol. The van der Waals surface area contributed by atoms with Gasteiger partial charge in [0.25, 0.3) is 0 Å². The molecule has 7 heteroatoms. The molecule has 0 N–H and O–H groups in total. The fourth-order valence-electron chi connectivity index (χ4n) is 1.73. The first-order chi connectivity index (χ1) is 10.0. The summed E-state index contributed by atoms with van der Waals surface area (Å²) >= 11 is 0. The molecule has 0 bridgehead atoms. The molecule has 2 rings (SSSR count). The molecule has 0 saturated carbocycles. The van der Waals surface area contributed by atoms with Crippen LogP contribution in [-0.2, 0) is 4.74 Å². The number of hydrogen-bond donors (Lipinski definition) is 0. The van der Waals surface area contributed by atoms with Crippen molar-refractivity contribution in [2.75, 3.05) is 7.11 Å². The fourth-order valence-corrected chi connectivity index (χ4v) is 1.73. The number of benzene rings is 1. The molecule has 0 aliphatic heterocycles. The van der Waals surface area contributed by atoms with Crippen LogP contribution < -0.4 is 4.74 Å². The molecule has 1 aromatic carbocycles. The molecule has 21 heavy (non-hydrogen) atoms. The summed E-state index contributed by atoms with van der Waals surface area (Å²) in [7, 11) is 1.26. The molecule has 0 aliphatic rings. The van der Waals surface area contributed by atoms with Crippen LogP contribution in [0.5, 0.6) is 11.6 Å². The fraction of sp³-hybridized carbons (Fsp3) is 0.143. The van der Waals surface area contributed by atoms with Crippen molar-refractivity contribution in [1.29, 1.82) is 0 Å². The number of methoxy groups -OCH3 is 1. The highest BCUT2D eigenvalue weighted by atomic mass is 16.6. The molecular formula is C14H12N2O5. The number of pyridine rings is 1. The number of para-hydroxylation sites is 1. The molecule has 0 radical (unpaired) electrons. The van der Waals surface area contributed by atoms with E-state index in [1.807, 2.05) is 0 Å². The van der Waals surface area contributed by atoms with Crippen LogP contribution in [0, 0.1) is 17.0 Å². The summed E-state index contributed by atoms with van der Waals surface area (Å²) in [5.41, 5.74) is 0.675. The minimum Gasteiger partial charge on any atom is -0.465 e. The Morgan fingerprint density at radius 3 is 2.76 bits per heavy atom. The maximum Gasteiger partial charge on any atom is 0.338 e. The SMILES string of the molecule is COC(=O)c1ccnc(Oc2c(C)cccc2[N+](=O)[O-])c1. The maximum absolute atomic E-state index is 11.4. The number of hydrogen-bond acceptors (Lipinski definition) is 6. The molecule has 2 aromatic rings. The lowest BCUT2D eigenvalue weighted by Crippen LogP contribution is -2.02. The van der Waals surface area contributed by atoms with Gasteiger partial charge in [0.1, 0.15) is 0 Å². The first kappa shape index (κ1) is 14.4. The van der Waals surface area contributed by atoms with Crippen molar-refractivity contribution in [2.24, 2.45) is 0 Å². The van der Waals surface area contributed by atoms with E-state index in [0.29, 0.717) is 5.56 Å². The van der Waals surface area contributed by atoms with Gasteiger partial charge in [-0.1, -0.05) is 12.1 Å². The number of ether oxygens (including phenoxy) is 2. The van der Waals surface area contributed by atoms with Gasteiger partial charge in [0.05, 0.1) is 17.6 Å². The summed E-state index contributed by atoms with van der Waals surface area (Å²) in [6.07, 6.45) is 1.37. The van der Waals surface area contributed by atoms with E-state index in [1.165, 1.54) is 31.5 Å². The van der Waals surface area contributed by atoms with Crippen LogP contribution in [0.4, 0.5) is 5.69 Å². The molecule has 0 amide bonds. The van der Waals surface area contributed by atoms with Gasteiger partial charge >= 0.3 is 11.7 Å². The normalized spacial score (nSPS) is 10.0. The first-order valence-electron chi connectivity index (χ1n) is 5.99. The average Bonchev–Trinajstić information content (AvgIpc) is 2.48. The second-order valence-electron chi connectivity index (χ2n) is 4.16. The smallest absolute Gasteiger partial charge is 0.338 e. The lowest BCUT2D eigenvalue weighted by molar-refractivity contribution is -0.385. The van der Waals surface area contributed by atoms with Gasteiger partial charge < -0.3 is 9.47 Å². The number of aryl methyl sites for hydroxylation is 1. The van der Waals surface area contributed by atoms with Crippen LogP contribution in [0.3, 0.4) is 0 Å². The lowest BCUT2D eigenvalue weighted by Gasteiger charge is -2.08. The Labute approximate surface area is 120 Å². The van der Waals surface area contributed by atoms with Crippen molar-refractivity contribution in [1.82, 2.24) is 4.98 Å². The Bertz CT molecular complexity index is 700. The molecular weight excluding hydrogens is 276 g/mol. The van der Waals surface area contributed by atoms with E-state index in [1.54, 1.807) is 19.1 Å². The second-order valence-corrected chi connectivity index (χ2v) is 4.16. The van der Waals surface area contributed by atoms with Gasteiger partial charge in [0, 0.05) is 18.3 Å². The largest absolute Gasteiger partial charge is 0.465 e. The Kier molecular flexibility index (Phi) is 4.13. The van der Waals surface area contributed by atoms with Gasteiger partial charge in [-0.3, -0.25) is 10.1 Å². The number of nitro benzene ring substituents is 1. The summed E-state index contributed by atoms with van der Waals surface area (Å²) in [5, 5.41) is 11.0. The summed E-state index contributed by atoms with van der Waals surface area (Å²) < 4.78 is 10.1. The van der Waals surface area contributed by atoms with Crippen molar-refractivity contribution in [3.8, 4) is 11.6 Å². The standard InChI is InChI=1S/C14H12N2O5/c1-9-4-3-5-11(16(18)19)13(9)21-12-8-10(6-7-15-12)14(17)20-2/h3-8H,1-2H3. The number of nitrogens with zero attached hydrogens (tertiary/aromatic N) is 2. The van der Waals surface area contributed by atoms with E-state index in [2.05, 4.69) is 9.72 Å². The molecule has 108 valence electrons. The van der Waals surface area contributed by atoms with Crippen molar-refractivity contribution in [2.45, 2.75) is 6.92 Å². The van der Waals surface area contributed by atoms with Crippen LogP contribution in [0.15, 0.2) is 36.5 Å². The Morgan fingerprint density at radius 2 is 2.10 bits per heavy atom. The van der Waals surface area contributed by atoms with Gasteiger partial charge in [-0.15, -0.1) is 0 Å². The van der Waals surface area contributed by atoms with Gasteiger partial charge in [0.2, 0.25) is 11.6 Å². The highest BCUT2D eigenvalue weighted by molar-refractivity contribution is 5.89. The third-order valence-corrected chi connectivity index (χ3v) is 2.75. The van der Waals surface area contributed by atoms with E-state index >= 15 is 0 Å². The molecule has 0 spiro atoms. The summed E-state index contributed by atoms with van der Waals surface area (Å²) in [5.74, 6) is -0.367.